The van der Waals surface area contributed by atoms with Gasteiger partial charge < -0.3 is 9.16 Å². The topological polar surface area (TPSA) is 35.5 Å². The number of carbonyl (C=O) groups excluding carboxylic acids is 1. The fourth-order valence-electron chi connectivity index (χ4n) is 2.48. The van der Waals surface area contributed by atoms with Crippen molar-refractivity contribution >= 4 is 14.3 Å². The minimum absolute atomic E-state index is 0.120. The highest BCUT2D eigenvalue weighted by Crippen LogP contribution is 2.13. The highest BCUT2D eigenvalue weighted by molar-refractivity contribution is 6.69. The normalized spacial score (nSPS) is 13.9. The van der Waals surface area contributed by atoms with Gasteiger partial charge in [0, 0.05) is 6.42 Å². The number of ether oxygens (including phenoxy) is 1. The first-order valence-corrected chi connectivity index (χ1v) is 13.5. The monoisotopic (exact) mass is 382 g/mol. The first-order chi connectivity index (χ1) is 12.4. The van der Waals surface area contributed by atoms with Gasteiger partial charge in [-0.3, -0.25) is 4.79 Å². The summed E-state index contributed by atoms with van der Waals surface area (Å²) in [6, 6.07) is 0. The maximum Gasteiger partial charge on any atom is 0.305 e. The van der Waals surface area contributed by atoms with Crippen LogP contribution in [0.4, 0.5) is 0 Å². The van der Waals surface area contributed by atoms with Gasteiger partial charge in [-0.1, -0.05) is 56.2 Å². The Bertz CT molecular complexity index is 433. The Hall–Kier alpha value is -1.13. The van der Waals surface area contributed by atoms with Crippen molar-refractivity contribution in [2.75, 3.05) is 7.11 Å². The van der Waals surface area contributed by atoms with E-state index in [9.17, 15) is 4.79 Å². The summed E-state index contributed by atoms with van der Waals surface area (Å²) in [4.78, 5) is 11.1. The van der Waals surface area contributed by atoms with Gasteiger partial charge in [-0.05, 0) is 58.2 Å². The van der Waals surface area contributed by atoms with E-state index >= 15 is 0 Å². The highest BCUT2D eigenvalue weighted by Gasteiger charge is 2.18. The van der Waals surface area contributed by atoms with Crippen LogP contribution >= 0.6 is 0 Å². The van der Waals surface area contributed by atoms with Crippen LogP contribution in [0.1, 0.15) is 64.7 Å². The molecule has 0 saturated carbocycles. The van der Waals surface area contributed by atoms with Crippen molar-refractivity contribution < 1.29 is 14.0 Å². The third-order valence-electron chi connectivity index (χ3n) is 3.82. The Morgan fingerprint density at radius 2 is 1.65 bits per heavy atom. The quantitative estimate of drug-likeness (QED) is 0.105. The number of hydrogen-bond acceptors (Lipinski definition) is 3. The molecule has 3 nitrogen and oxygen atoms in total. The zero-order valence-electron chi connectivity index (χ0n) is 17.6. The van der Waals surface area contributed by atoms with E-state index in [1.807, 2.05) is 0 Å². The zero-order chi connectivity index (χ0) is 19.7. The van der Waals surface area contributed by atoms with Gasteiger partial charge in [0.15, 0.2) is 8.32 Å². The summed E-state index contributed by atoms with van der Waals surface area (Å²) in [5.74, 6) is -0.120. The number of esters is 1. The molecule has 0 aromatic rings. The predicted molar refractivity (Wildman–Crippen MR) is 115 cm³/mol. The summed E-state index contributed by atoms with van der Waals surface area (Å²) in [5.41, 5.74) is 0. The lowest BCUT2D eigenvalue weighted by Gasteiger charge is -2.23. The molecule has 0 spiro atoms. The molecule has 0 amide bonds. The van der Waals surface area contributed by atoms with E-state index in [0.29, 0.717) is 6.42 Å². The van der Waals surface area contributed by atoms with Crippen molar-refractivity contribution in [2.45, 2.75) is 90.5 Å². The van der Waals surface area contributed by atoms with Crippen molar-refractivity contribution in [3.05, 3.63) is 36.5 Å². The minimum Gasteiger partial charge on any atom is -0.469 e. The average Bonchev–Trinajstić information content (AvgIpc) is 2.58. The lowest BCUT2D eigenvalue weighted by Crippen LogP contribution is -2.30. The molecule has 0 aromatic heterocycles. The Labute approximate surface area is 162 Å². The molecule has 0 fully saturated rings. The third kappa shape index (κ3) is 17.7. The zero-order valence-corrected chi connectivity index (χ0v) is 18.6. The molecular formula is C22H40O3Si. The molecule has 0 rings (SSSR count). The maximum atomic E-state index is 11.1. The Morgan fingerprint density at radius 1 is 0.962 bits per heavy atom. The summed E-state index contributed by atoms with van der Waals surface area (Å²) in [6.45, 7) is 8.91. The van der Waals surface area contributed by atoms with Crippen LogP contribution in [0, 0.1) is 0 Å². The molecule has 0 aliphatic carbocycles. The fourth-order valence-corrected chi connectivity index (χ4v) is 3.56. The first kappa shape index (κ1) is 24.9. The van der Waals surface area contributed by atoms with Gasteiger partial charge in [-0.25, -0.2) is 0 Å². The second-order valence-electron chi connectivity index (χ2n) is 7.61. The van der Waals surface area contributed by atoms with E-state index in [-0.39, 0.29) is 12.1 Å². The average molecular weight is 383 g/mol. The Morgan fingerprint density at radius 3 is 2.31 bits per heavy atom. The number of unbranched alkanes of at least 4 members (excludes halogenated alkanes) is 5. The van der Waals surface area contributed by atoms with Crippen LogP contribution in [0.25, 0.3) is 0 Å². The lowest BCUT2D eigenvalue weighted by atomic mass is 10.1. The summed E-state index contributed by atoms with van der Waals surface area (Å²) in [5, 5.41) is 0. The van der Waals surface area contributed by atoms with Crippen LogP contribution < -0.4 is 0 Å². The van der Waals surface area contributed by atoms with Crippen molar-refractivity contribution in [2.24, 2.45) is 0 Å². The molecule has 0 bridgehead atoms. The van der Waals surface area contributed by atoms with Crippen LogP contribution in [0.5, 0.6) is 0 Å². The largest absolute Gasteiger partial charge is 0.469 e. The van der Waals surface area contributed by atoms with Crippen LogP contribution in [0.3, 0.4) is 0 Å². The van der Waals surface area contributed by atoms with Crippen molar-refractivity contribution in [3.8, 4) is 0 Å². The van der Waals surface area contributed by atoms with Crippen LogP contribution in [0.2, 0.25) is 19.6 Å². The standard InChI is InChI=1S/C22H40O3Si/c1-6-7-8-9-10-12-15-18-21(25-26(3,4)5)19-16-13-11-14-17-20-22(23)24-2/h10,12-13,15-16,18,21H,6-9,11,14,17,19-20H2,1-5H3/b12-10-,16-13-,18-15+/i22+2. The molecule has 0 N–H and O–H groups in total. The van der Waals surface area contributed by atoms with Crippen LogP contribution in [0.15, 0.2) is 36.5 Å². The molecule has 0 heterocycles. The first-order valence-electron chi connectivity index (χ1n) is 10.1. The summed E-state index contributed by atoms with van der Waals surface area (Å²) >= 11 is 0. The number of carbonyl (C=O) groups is 1. The Balaban J connectivity index is 4.21. The van der Waals surface area contributed by atoms with Gasteiger partial charge in [0.25, 0.3) is 0 Å². The maximum absolute atomic E-state index is 11.1. The molecule has 26 heavy (non-hydrogen) atoms. The minimum atomic E-state index is -1.57. The molecule has 0 aliphatic heterocycles. The fraction of sp³-hybridized carbons (Fsp3) is 0.682. The van der Waals surface area contributed by atoms with Gasteiger partial charge in [0.2, 0.25) is 0 Å². The van der Waals surface area contributed by atoms with E-state index in [2.05, 4.69) is 67.8 Å². The smallest absolute Gasteiger partial charge is 0.305 e. The van der Waals surface area contributed by atoms with Crippen molar-refractivity contribution in [1.29, 1.82) is 0 Å². The number of allylic oxidation sites excluding steroid dienone is 4. The predicted octanol–water partition coefficient (Wildman–Crippen LogP) is 6.58. The van der Waals surface area contributed by atoms with Gasteiger partial charge in [0.1, 0.15) is 0 Å². The van der Waals surface area contributed by atoms with Crippen LogP contribution in [-0.4, -0.2) is 27.5 Å². The molecule has 150 valence electrons. The van der Waals surface area contributed by atoms with Gasteiger partial charge in [0.05, 0.1) is 13.2 Å². The van der Waals surface area contributed by atoms with E-state index in [1.165, 1.54) is 26.4 Å². The van der Waals surface area contributed by atoms with E-state index in [4.69, 9.17) is 4.43 Å². The van der Waals surface area contributed by atoms with Gasteiger partial charge in [-0.2, -0.15) is 0 Å². The van der Waals surface area contributed by atoms with Gasteiger partial charge in [-0.15, -0.1) is 0 Å². The number of rotatable bonds is 15. The molecule has 0 aliphatic rings. The number of hydrogen-bond donors (Lipinski definition) is 0. The Kier molecular flexibility index (Phi) is 15.4. The number of methoxy groups -OCH3 is 1. The molecular weight excluding hydrogens is 342 g/mol. The van der Waals surface area contributed by atoms with Crippen molar-refractivity contribution in [3.63, 3.8) is 0 Å². The van der Waals surface area contributed by atoms with Gasteiger partial charge >= 0.3 is 5.97 Å². The van der Waals surface area contributed by atoms with Crippen LogP contribution in [-0.2, 0) is 14.0 Å². The van der Waals surface area contributed by atoms with E-state index in [1.54, 1.807) is 0 Å². The second kappa shape index (κ2) is 16.1. The molecule has 0 radical (unpaired) electrons. The summed E-state index contributed by atoms with van der Waals surface area (Å²) in [7, 11) is -0.126. The molecule has 1 unspecified atom stereocenters. The third-order valence-corrected chi connectivity index (χ3v) is 4.83. The molecule has 0 saturated heterocycles. The molecule has 4 heteroatoms. The van der Waals surface area contributed by atoms with E-state index in [0.717, 1.165) is 32.1 Å². The summed E-state index contributed by atoms with van der Waals surface area (Å²) in [6.07, 6.45) is 22.6. The SMILES string of the molecule is CCCCC/C=C\C=C\C(C/C=C\CCCC[14C](=O)OC)O[Si](C)(C)C. The summed E-state index contributed by atoms with van der Waals surface area (Å²) < 4.78 is 10.9. The lowest BCUT2D eigenvalue weighted by molar-refractivity contribution is -0.140. The molecule has 1 atom stereocenters. The van der Waals surface area contributed by atoms with E-state index < -0.39 is 8.32 Å². The van der Waals surface area contributed by atoms with Crippen molar-refractivity contribution in [1.82, 2.24) is 0 Å². The molecule has 0 aromatic carbocycles. The second-order valence-corrected chi connectivity index (χ2v) is 12.1. The highest BCUT2D eigenvalue weighted by atomic mass is 28.4.